The van der Waals surface area contributed by atoms with Crippen LogP contribution in [0.3, 0.4) is 0 Å². The van der Waals surface area contributed by atoms with Crippen molar-refractivity contribution in [1.82, 2.24) is 10.3 Å². The molecule has 1 N–H and O–H groups in total. The third-order valence-corrected chi connectivity index (χ3v) is 4.36. The Labute approximate surface area is 97.0 Å². The molecule has 1 aliphatic carbocycles. The Bertz CT molecular complexity index is 429. The molecule has 0 atom stereocenters. The highest BCUT2D eigenvalue weighted by Crippen LogP contribution is 2.28. The molecule has 0 unspecified atom stereocenters. The molecule has 0 saturated heterocycles. The fraction of sp³-hybridized carbons (Fsp3) is 0.364. The summed E-state index contributed by atoms with van der Waals surface area (Å²) in [5.41, 5.74) is 1.18. The minimum Gasteiger partial charge on any atom is -0.308 e. The SMILES string of the molecule is c1csc(-c2nc(CNC3CC3)cs2)c1. The van der Waals surface area contributed by atoms with Crippen molar-refractivity contribution in [3.63, 3.8) is 0 Å². The van der Waals surface area contributed by atoms with Crippen molar-refractivity contribution in [2.75, 3.05) is 0 Å². The van der Waals surface area contributed by atoms with Crippen molar-refractivity contribution in [1.29, 1.82) is 0 Å². The smallest absolute Gasteiger partial charge is 0.133 e. The van der Waals surface area contributed by atoms with Crippen LogP contribution in [0.2, 0.25) is 0 Å². The number of hydrogen-bond acceptors (Lipinski definition) is 4. The lowest BCUT2D eigenvalue weighted by molar-refractivity contribution is 0.678. The molecule has 15 heavy (non-hydrogen) atoms. The number of nitrogens with one attached hydrogen (secondary N) is 1. The summed E-state index contributed by atoms with van der Waals surface area (Å²) in [5.74, 6) is 0. The molecular formula is C11H12N2S2. The quantitative estimate of drug-likeness (QED) is 0.882. The van der Waals surface area contributed by atoms with Gasteiger partial charge in [-0.15, -0.1) is 22.7 Å². The minimum absolute atomic E-state index is 0.761. The van der Waals surface area contributed by atoms with Crippen LogP contribution < -0.4 is 5.32 Å². The van der Waals surface area contributed by atoms with E-state index in [0.29, 0.717) is 0 Å². The summed E-state index contributed by atoms with van der Waals surface area (Å²) in [5, 5.41) is 8.88. The monoisotopic (exact) mass is 236 g/mol. The highest BCUT2D eigenvalue weighted by atomic mass is 32.1. The van der Waals surface area contributed by atoms with E-state index in [0.717, 1.165) is 17.6 Å². The van der Waals surface area contributed by atoms with Crippen LogP contribution in [0.5, 0.6) is 0 Å². The van der Waals surface area contributed by atoms with E-state index in [1.165, 1.54) is 23.4 Å². The van der Waals surface area contributed by atoms with Gasteiger partial charge in [-0.1, -0.05) is 6.07 Å². The van der Waals surface area contributed by atoms with Crippen LogP contribution in [-0.2, 0) is 6.54 Å². The summed E-state index contributed by atoms with van der Waals surface area (Å²) in [6, 6.07) is 4.96. The molecular weight excluding hydrogens is 224 g/mol. The Hall–Kier alpha value is -0.710. The van der Waals surface area contributed by atoms with Crippen LogP contribution in [0.4, 0.5) is 0 Å². The van der Waals surface area contributed by atoms with Gasteiger partial charge in [-0.2, -0.15) is 0 Å². The zero-order valence-corrected chi connectivity index (χ0v) is 9.90. The highest BCUT2D eigenvalue weighted by Gasteiger charge is 2.20. The molecule has 2 heterocycles. The fourth-order valence-corrected chi connectivity index (χ4v) is 3.07. The number of thiazole rings is 1. The van der Waals surface area contributed by atoms with E-state index in [4.69, 9.17) is 0 Å². The number of nitrogens with zero attached hydrogens (tertiary/aromatic N) is 1. The summed E-state index contributed by atoms with van der Waals surface area (Å²) in [4.78, 5) is 5.89. The minimum atomic E-state index is 0.761. The van der Waals surface area contributed by atoms with Gasteiger partial charge >= 0.3 is 0 Å². The van der Waals surface area contributed by atoms with E-state index >= 15 is 0 Å². The second-order valence-corrected chi connectivity index (χ2v) is 5.58. The first-order chi connectivity index (χ1) is 7.42. The maximum absolute atomic E-state index is 4.62. The van der Waals surface area contributed by atoms with Crippen LogP contribution in [0.15, 0.2) is 22.9 Å². The van der Waals surface area contributed by atoms with Crippen LogP contribution in [0.25, 0.3) is 9.88 Å². The fourth-order valence-electron chi connectivity index (χ4n) is 1.44. The highest BCUT2D eigenvalue weighted by molar-refractivity contribution is 7.20. The van der Waals surface area contributed by atoms with Gasteiger partial charge in [-0.25, -0.2) is 4.98 Å². The van der Waals surface area contributed by atoms with Crippen LogP contribution in [-0.4, -0.2) is 11.0 Å². The Morgan fingerprint density at radius 3 is 3.07 bits per heavy atom. The van der Waals surface area contributed by atoms with E-state index in [1.54, 1.807) is 22.7 Å². The summed E-state index contributed by atoms with van der Waals surface area (Å²) < 4.78 is 0. The third-order valence-electron chi connectivity index (χ3n) is 2.43. The topological polar surface area (TPSA) is 24.9 Å². The Balaban J connectivity index is 1.69. The van der Waals surface area contributed by atoms with Gasteiger partial charge in [0.1, 0.15) is 5.01 Å². The first-order valence-corrected chi connectivity index (χ1v) is 6.89. The molecule has 2 aromatic rings. The molecule has 4 heteroatoms. The van der Waals surface area contributed by atoms with Crippen LogP contribution in [0.1, 0.15) is 18.5 Å². The van der Waals surface area contributed by atoms with Gasteiger partial charge in [0.25, 0.3) is 0 Å². The van der Waals surface area contributed by atoms with Gasteiger partial charge in [0.05, 0.1) is 10.6 Å². The molecule has 1 aliphatic rings. The van der Waals surface area contributed by atoms with Crippen molar-refractivity contribution in [3.8, 4) is 9.88 Å². The molecule has 1 saturated carbocycles. The van der Waals surface area contributed by atoms with E-state index < -0.39 is 0 Å². The van der Waals surface area contributed by atoms with Gasteiger partial charge in [-0.3, -0.25) is 0 Å². The van der Waals surface area contributed by atoms with Gasteiger partial charge < -0.3 is 5.32 Å². The van der Waals surface area contributed by atoms with Gasteiger partial charge in [-0.05, 0) is 24.3 Å². The van der Waals surface area contributed by atoms with Crippen LogP contribution >= 0.6 is 22.7 Å². The lowest BCUT2D eigenvalue weighted by Crippen LogP contribution is -2.15. The molecule has 78 valence electrons. The summed E-state index contributed by atoms with van der Waals surface area (Å²) in [7, 11) is 0. The van der Waals surface area contributed by atoms with Gasteiger partial charge in [0.2, 0.25) is 0 Å². The lowest BCUT2D eigenvalue weighted by atomic mass is 10.4. The van der Waals surface area contributed by atoms with E-state index in [1.807, 2.05) is 0 Å². The van der Waals surface area contributed by atoms with Gasteiger partial charge in [0, 0.05) is 18.0 Å². The summed E-state index contributed by atoms with van der Waals surface area (Å²) in [6.45, 7) is 0.923. The maximum atomic E-state index is 4.62. The number of hydrogen-bond donors (Lipinski definition) is 1. The van der Waals surface area contributed by atoms with Crippen molar-refractivity contribution in [2.45, 2.75) is 25.4 Å². The Morgan fingerprint density at radius 1 is 1.40 bits per heavy atom. The average molecular weight is 236 g/mol. The first kappa shape index (κ1) is 9.51. The van der Waals surface area contributed by atoms with E-state index in [-0.39, 0.29) is 0 Å². The Morgan fingerprint density at radius 2 is 2.33 bits per heavy atom. The maximum Gasteiger partial charge on any atom is 0.133 e. The second-order valence-electron chi connectivity index (χ2n) is 3.78. The van der Waals surface area contributed by atoms with Crippen molar-refractivity contribution < 1.29 is 0 Å². The zero-order chi connectivity index (χ0) is 10.1. The van der Waals surface area contributed by atoms with Crippen LogP contribution in [0, 0.1) is 0 Å². The lowest BCUT2D eigenvalue weighted by Gasteiger charge is -1.97. The van der Waals surface area contributed by atoms with Crippen molar-refractivity contribution in [2.24, 2.45) is 0 Å². The number of aromatic nitrogens is 1. The second kappa shape index (κ2) is 4.04. The zero-order valence-electron chi connectivity index (χ0n) is 8.27. The molecule has 3 rings (SSSR count). The largest absolute Gasteiger partial charge is 0.308 e. The Kier molecular flexibility index (Phi) is 2.56. The standard InChI is InChI=1S/C11H12N2S2/c1-2-10(14-5-1)11-13-9(7-15-11)6-12-8-3-4-8/h1-2,5,7-8,12H,3-4,6H2. The van der Waals surface area contributed by atoms with E-state index in [2.05, 4.69) is 33.2 Å². The molecule has 0 aromatic carbocycles. The molecule has 0 amide bonds. The van der Waals surface area contributed by atoms with Crippen molar-refractivity contribution in [3.05, 3.63) is 28.6 Å². The molecule has 0 radical (unpaired) electrons. The number of thiophene rings is 1. The molecule has 1 fully saturated rings. The summed E-state index contributed by atoms with van der Waals surface area (Å²) >= 11 is 3.49. The average Bonchev–Trinajstić information content (AvgIpc) is 2.78. The molecule has 0 bridgehead atoms. The third kappa shape index (κ3) is 2.27. The normalized spacial score (nSPS) is 15.7. The molecule has 2 nitrogen and oxygen atoms in total. The molecule has 0 aliphatic heterocycles. The molecule has 0 spiro atoms. The summed E-state index contributed by atoms with van der Waals surface area (Å²) in [6.07, 6.45) is 2.67. The van der Waals surface area contributed by atoms with Crippen molar-refractivity contribution >= 4 is 22.7 Å². The molecule has 2 aromatic heterocycles. The predicted octanol–water partition coefficient (Wildman–Crippen LogP) is 3.12. The number of rotatable bonds is 4. The van der Waals surface area contributed by atoms with E-state index in [9.17, 15) is 0 Å². The predicted molar refractivity (Wildman–Crippen MR) is 65.3 cm³/mol. The first-order valence-electron chi connectivity index (χ1n) is 5.13. The van der Waals surface area contributed by atoms with Gasteiger partial charge in [0.15, 0.2) is 0 Å².